The Bertz CT molecular complexity index is 336. The van der Waals surface area contributed by atoms with E-state index in [0.717, 1.165) is 19.4 Å². The van der Waals surface area contributed by atoms with E-state index in [2.05, 4.69) is 12.2 Å². The molecule has 0 spiro atoms. The maximum Gasteiger partial charge on any atom is 0.328 e. The Kier molecular flexibility index (Phi) is 8.13. The summed E-state index contributed by atoms with van der Waals surface area (Å²) in [4.78, 5) is 25.7. The highest BCUT2D eigenvalue weighted by Gasteiger charge is 2.31. The van der Waals surface area contributed by atoms with Crippen molar-refractivity contribution in [2.45, 2.75) is 58.7 Å². The molecule has 1 rings (SSSR count). The summed E-state index contributed by atoms with van der Waals surface area (Å²) in [7, 11) is 1.68. The molecule has 0 aromatic heterocycles. The third-order valence-corrected chi connectivity index (χ3v) is 3.59. The smallest absolute Gasteiger partial charge is 0.328 e. The number of amides is 1. The quantitative estimate of drug-likeness (QED) is 0.802. The van der Waals surface area contributed by atoms with Crippen LogP contribution in [0.3, 0.4) is 0 Å². The van der Waals surface area contributed by atoms with Gasteiger partial charge in [0.05, 0.1) is 6.10 Å². The van der Waals surface area contributed by atoms with Gasteiger partial charge in [0, 0.05) is 19.0 Å². The van der Waals surface area contributed by atoms with Crippen LogP contribution in [-0.4, -0.2) is 48.6 Å². The molecule has 0 aromatic rings. The molecule has 1 saturated heterocycles. The minimum atomic E-state index is -0.528. The van der Waals surface area contributed by atoms with E-state index in [1.807, 2.05) is 0 Å². The topological polar surface area (TPSA) is 58.6 Å². The van der Waals surface area contributed by atoms with Crippen LogP contribution in [-0.2, 0) is 14.3 Å². The second-order valence-corrected chi connectivity index (χ2v) is 5.69. The third-order valence-electron chi connectivity index (χ3n) is 3.59. The summed E-state index contributed by atoms with van der Waals surface area (Å²) in [6, 6.07) is -0.172. The average molecular weight is 307 g/mol. The van der Waals surface area contributed by atoms with Crippen LogP contribution < -0.4 is 5.32 Å². The number of nitrogens with zero attached hydrogens (tertiary/aromatic N) is 1. The molecule has 0 bridgehead atoms. The summed E-state index contributed by atoms with van der Waals surface area (Å²) in [6.45, 7) is 8.26. The van der Waals surface area contributed by atoms with E-state index in [4.69, 9.17) is 4.74 Å². The number of nitrogens with one attached hydrogen (secondary N) is 1. The van der Waals surface area contributed by atoms with E-state index in [1.165, 1.54) is 4.90 Å². The molecule has 3 atom stereocenters. The van der Waals surface area contributed by atoms with Crippen LogP contribution in [0.2, 0.25) is 0 Å². The summed E-state index contributed by atoms with van der Waals surface area (Å²) in [5.74, 6) is -0.287. The van der Waals surface area contributed by atoms with Gasteiger partial charge in [-0.05, 0) is 47.1 Å². The van der Waals surface area contributed by atoms with Crippen molar-refractivity contribution in [3.8, 4) is 0 Å². The number of likely N-dealkylation sites (N-methyl/N-ethyl adjacent to an activating group) is 1. The number of hydrogen-bond donors (Lipinski definition) is 1. The van der Waals surface area contributed by atoms with Crippen LogP contribution in [0, 0.1) is 5.92 Å². The molecule has 1 heterocycles. The van der Waals surface area contributed by atoms with Gasteiger partial charge in [-0.1, -0.05) is 0 Å². The van der Waals surface area contributed by atoms with Crippen LogP contribution in [0.1, 0.15) is 40.5 Å². The van der Waals surface area contributed by atoms with Crippen molar-refractivity contribution in [2.75, 3.05) is 13.6 Å². The molecule has 20 heavy (non-hydrogen) atoms. The molecule has 0 aliphatic carbocycles. The zero-order valence-corrected chi connectivity index (χ0v) is 13.8. The van der Waals surface area contributed by atoms with Gasteiger partial charge in [-0.15, -0.1) is 12.4 Å². The molecule has 0 aromatic carbocycles. The molecule has 1 unspecified atom stereocenters. The number of piperidine rings is 1. The predicted molar refractivity (Wildman–Crippen MR) is 80.9 cm³/mol. The number of hydrogen-bond acceptors (Lipinski definition) is 4. The van der Waals surface area contributed by atoms with Gasteiger partial charge in [-0.2, -0.15) is 0 Å². The number of halogens is 1. The van der Waals surface area contributed by atoms with Crippen molar-refractivity contribution >= 4 is 24.3 Å². The van der Waals surface area contributed by atoms with Gasteiger partial charge in [0.2, 0.25) is 5.91 Å². The fourth-order valence-corrected chi connectivity index (χ4v) is 2.32. The number of carbonyl (C=O) groups excluding carboxylic acids is 2. The molecule has 118 valence electrons. The molecule has 6 heteroatoms. The van der Waals surface area contributed by atoms with Gasteiger partial charge in [0.15, 0.2) is 0 Å². The Morgan fingerprint density at radius 1 is 1.30 bits per heavy atom. The monoisotopic (exact) mass is 306 g/mol. The average Bonchev–Trinajstić information content (AvgIpc) is 2.35. The van der Waals surface area contributed by atoms with Crippen LogP contribution in [0.4, 0.5) is 0 Å². The van der Waals surface area contributed by atoms with Crippen molar-refractivity contribution in [3.63, 3.8) is 0 Å². The number of esters is 1. The first-order valence-corrected chi connectivity index (χ1v) is 7.03. The third kappa shape index (κ3) is 5.29. The molecule has 0 saturated carbocycles. The lowest BCUT2D eigenvalue weighted by Gasteiger charge is -2.32. The highest BCUT2D eigenvalue weighted by molar-refractivity contribution is 5.85. The first kappa shape index (κ1) is 19.2. The minimum absolute atomic E-state index is 0. The Morgan fingerprint density at radius 2 is 1.90 bits per heavy atom. The van der Waals surface area contributed by atoms with Crippen LogP contribution in [0.5, 0.6) is 0 Å². The number of carbonyl (C=O) groups is 2. The number of ether oxygens (including phenoxy) is 1. The molecule has 0 radical (unpaired) electrons. The Morgan fingerprint density at radius 3 is 2.40 bits per heavy atom. The number of rotatable bonds is 4. The Hall–Kier alpha value is -0.810. The van der Waals surface area contributed by atoms with Crippen molar-refractivity contribution in [2.24, 2.45) is 5.92 Å². The maximum atomic E-state index is 12.4. The summed E-state index contributed by atoms with van der Waals surface area (Å²) in [5, 5.41) is 3.32. The fraction of sp³-hybridized carbons (Fsp3) is 0.857. The summed E-state index contributed by atoms with van der Waals surface area (Å²) < 4.78 is 5.15. The summed E-state index contributed by atoms with van der Waals surface area (Å²) in [6.07, 6.45) is 1.51. The minimum Gasteiger partial charge on any atom is -0.461 e. The summed E-state index contributed by atoms with van der Waals surface area (Å²) >= 11 is 0. The van der Waals surface area contributed by atoms with Crippen LogP contribution in [0.15, 0.2) is 0 Å². The molecule has 1 amide bonds. The highest BCUT2D eigenvalue weighted by atomic mass is 35.5. The fourth-order valence-electron chi connectivity index (χ4n) is 2.32. The molecule has 1 aliphatic heterocycles. The Balaban J connectivity index is 0.00000361. The molecule has 1 N–H and O–H groups in total. The first-order chi connectivity index (χ1) is 8.82. The predicted octanol–water partition coefficient (Wildman–Crippen LogP) is 1.59. The van der Waals surface area contributed by atoms with E-state index >= 15 is 0 Å². The zero-order valence-electron chi connectivity index (χ0n) is 13.0. The molecule has 1 fully saturated rings. The maximum absolute atomic E-state index is 12.4. The van der Waals surface area contributed by atoms with Crippen molar-refractivity contribution < 1.29 is 14.3 Å². The van der Waals surface area contributed by atoms with Crippen LogP contribution >= 0.6 is 12.4 Å². The van der Waals surface area contributed by atoms with Crippen LogP contribution in [0.25, 0.3) is 0 Å². The van der Waals surface area contributed by atoms with Crippen molar-refractivity contribution in [3.05, 3.63) is 0 Å². The molecular weight excluding hydrogens is 280 g/mol. The largest absolute Gasteiger partial charge is 0.461 e. The van der Waals surface area contributed by atoms with E-state index < -0.39 is 6.04 Å². The lowest BCUT2D eigenvalue weighted by molar-refractivity contribution is -0.158. The van der Waals surface area contributed by atoms with Crippen molar-refractivity contribution in [1.29, 1.82) is 0 Å². The van der Waals surface area contributed by atoms with E-state index in [9.17, 15) is 9.59 Å². The van der Waals surface area contributed by atoms with Gasteiger partial charge in [-0.25, -0.2) is 4.79 Å². The van der Waals surface area contributed by atoms with Gasteiger partial charge < -0.3 is 15.0 Å². The van der Waals surface area contributed by atoms with Crippen molar-refractivity contribution in [1.82, 2.24) is 10.2 Å². The zero-order chi connectivity index (χ0) is 14.6. The van der Waals surface area contributed by atoms with Gasteiger partial charge in [0.25, 0.3) is 0 Å². The molecule has 1 aliphatic rings. The molecular formula is C14H27ClN2O3. The second kappa shape index (κ2) is 8.47. The summed E-state index contributed by atoms with van der Waals surface area (Å²) in [5.41, 5.74) is 0. The van der Waals surface area contributed by atoms with E-state index in [0.29, 0.717) is 6.04 Å². The normalized spacial score (nSPS) is 23.7. The molecule has 5 nitrogen and oxygen atoms in total. The van der Waals surface area contributed by atoms with E-state index in [1.54, 1.807) is 27.8 Å². The lowest BCUT2D eigenvalue weighted by Crippen LogP contribution is -2.48. The van der Waals surface area contributed by atoms with Gasteiger partial charge in [0.1, 0.15) is 6.04 Å². The SMILES string of the molecule is CC(C)OC(=O)C(C)N(C)C(=O)[C@H]1CCN[C@@H](C)C1.Cl. The second-order valence-electron chi connectivity index (χ2n) is 5.69. The first-order valence-electron chi connectivity index (χ1n) is 7.03. The Labute approximate surface area is 127 Å². The standard InChI is InChI=1S/C14H26N2O3.ClH/c1-9(2)19-14(18)11(4)16(5)13(17)12-6-7-15-10(3)8-12;/h9-12,15H,6-8H2,1-5H3;1H/t10-,11?,12-;/m0./s1. The van der Waals surface area contributed by atoms with Gasteiger partial charge in [-0.3, -0.25) is 4.79 Å². The van der Waals surface area contributed by atoms with E-state index in [-0.39, 0.29) is 36.3 Å². The van der Waals surface area contributed by atoms with Gasteiger partial charge >= 0.3 is 5.97 Å². The highest BCUT2D eigenvalue weighted by Crippen LogP contribution is 2.19. The lowest BCUT2D eigenvalue weighted by atomic mass is 9.92.